The van der Waals surface area contributed by atoms with Gasteiger partial charge >= 0.3 is 0 Å². The van der Waals surface area contributed by atoms with E-state index < -0.39 is 0 Å². The Morgan fingerprint density at radius 2 is 1.62 bits per heavy atom. The fourth-order valence-electron chi connectivity index (χ4n) is 3.28. The van der Waals surface area contributed by atoms with Gasteiger partial charge in [-0.25, -0.2) is 4.98 Å². The monoisotopic (exact) mass is 422 g/mol. The van der Waals surface area contributed by atoms with Crippen LogP contribution < -0.4 is 10.5 Å². The van der Waals surface area contributed by atoms with Gasteiger partial charge in [-0.3, -0.25) is 9.89 Å². The molecule has 0 saturated heterocycles. The van der Waals surface area contributed by atoms with Gasteiger partial charge in [0.05, 0.1) is 0 Å². The van der Waals surface area contributed by atoms with E-state index in [1.165, 1.54) is 0 Å². The Bertz CT molecular complexity index is 1390. The topological polar surface area (TPSA) is 107 Å². The number of ether oxygens (including phenoxy) is 1. The number of aromatic amines is 1. The molecule has 5 rings (SSSR count). The van der Waals surface area contributed by atoms with Crippen LogP contribution in [0.2, 0.25) is 0 Å². The van der Waals surface area contributed by atoms with Gasteiger partial charge in [0, 0.05) is 22.4 Å². The highest BCUT2D eigenvalue weighted by atomic mass is 16.5. The summed E-state index contributed by atoms with van der Waals surface area (Å²) in [6, 6.07) is 25.8. The summed E-state index contributed by atoms with van der Waals surface area (Å²) >= 11 is 0. The average Bonchev–Trinajstić information content (AvgIpc) is 3.51. The maximum absolute atomic E-state index is 10.9. The maximum atomic E-state index is 10.9. The van der Waals surface area contributed by atoms with E-state index in [0.717, 1.165) is 16.7 Å². The number of furan rings is 1. The summed E-state index contributed by atoms with van der Waals surface area (Å²) in [5.41, 5.74) is 8.91. The van der Waals surface area contributed by atoms with E-state index in [1.807, 2.05) is 60.7 Å². The van der Waals surface area contributed by atoms with Gasteiger partial charge in [-0.15, -0.1) is 0 Å². The number of carbonyl (C=O) groups excluding carboxylic acids is 1. The molecule has 7 nitrogen and oxygen atoms in total. The Balaban J connectivity index is 1.40. The van der Waals surface area contributed by atoms with Crippen molar-refractivity contribution in [3.63, 3.8) is 0 Å². The van der Waals surface area contributed by atoms with Gasteiger partial charge in [-0.2, -0.15) is 5.10 Å². The molecule has 0 fully saturated rings. The van der Waals surface area contributed by atoms with E-state index in [2.05, 4.69) is 15.2 Å². The van der Waals surface area contributed by atoms with Crippen molar-refractivity contribution < 1.29 is 13.9 Å². The first-order valence-electron chi connectivity index (χ1n) is 9.90. The van der Waals surface area contributed by atoms with Crippen LogP contribution in [-0.2, 0) is 0 Å². The van der Waals surface area contributed by atoms with Gasteiger partial charge in [-0.05, 0) is 54.6 Å². The zero-order chi connectivity index (χ0) is 21.9. The first-order valence-corrected chi connectivity index (χ1v) is 9.90. The molecule has 0 aliphatic heterocycles. The standard InChI is InChI=1S/C25H18N4O3/c26-19-7-9-20(10-8-19)31-21-6-2-5-18(14-21)25-27-24(28-29-25)17-4-1-3-16(13-17)23-12-11-22(15-30)32-23/h1-15H,26H2,(H,27,28,29). The predicted molar refractivity (Wildman–Crippen MR) is 121 cm³/mol. The number of benzene rings is 3. The van der Waals surface area contributed by atoms with E-state index in [0.29, 0.717) is 40.9 Å². The second-order valence-corrected chi connectivity index (χ2v) is 7.11. The summed E-state index contributed by atoms with van der Waals surface area (Å²) in [7, 11) is 0. The van der Waals surface area contributed by atoms with Crippen LogP contribution in [0.15, 0.2) is 89.3 Å². The largest absolute Gasteiger partial charge is 0.457 e. The summed E-state index contributed by atoms with van der Waals surface area (Å²) in [6.45, 7) is 0. The number of hydrogen-bond donors (Lipinski definition) is 2. The number of anilines is 1. The van der Waals surface area contributed by atoms with E-state index in [-0.39, 0.29) is 5.76 Å². The molecule has 0 amide bonds. The lowest BCUT2D eigenvalue weighted by atomic mass is 10.1. The molecule has 156 valence electrons. The third kappa shape index (κ3) is 3.99. The minimum absolute atomic E-state index is 0.284. The van der Waals surface area contributed by atoms with E-state index in [9.17, 15) is 4.79 Å². The molecule has 0 unspecified atom stereocenters. The summed E-state index contributed by atoms with van der Waals surface area (Å²) in [5.74, 6) is 3.44. The molecule has 3 N–H and O–H groups in total. The van der Waals surface area contributed by atoms with Gasteiger partial charge in [0.2, 0.25) is 0 Å². The number of carbonyl (C=O) groups is 1. The molecule has 0 radical (unpaired) electrons. The normalized spacial score (nSPS) is 10.8. The number of nitrogens with zero attached hydrogens (tertiary/aromatic N) is 2. The Kier molecular flexibility index (Phi) is 4.97. The number of nitrogens with two attached hydrogens (primary N) is 1. The lowest BCUT2D eigenvalue weighted by molar-refractivity contribution is 0.110. The third-order valence-electron chi connectivity index (χ3n) is 4.86. The number of aldehydes is 1. The molecule has 3 aromatic carbocycles. The van der Waals surface area contributed by atoms with Crippen LogP contribution in [0.25, 0.3) is 34.1 Å². The van der Waals surface area contributed by atoms with Crippen molar-refractivity contribution >= 4 is 12.0 Å². The highest BCUT2D eigenvalue weighted by Crippen LogP contribution is 2.29. The molecule has 0 aliphatic rings. The number of aromatic nitrogens is 3. The minimum Gasteiger partial charge on any atom is -0.457 e. The maximum Gasteiger partial charge on any atom is 0.185 e. The van der Waals surface area contributed by atoms with Gasteiger partial charge in [0.25, 0.3) is 0 Å². The molecule has 0 atom stereocenters. The minimum atomic E-state index is 0.284. The average molecular weight is 422 g/mol. The van der Waals surface area contributed by atoms with Gasteiger partial charge in [0.1, 0.15) is 17.3 Å². The smallest absolute Gasteiger partial charge is 0.185 e. The number of hydrogen-bond acceptors (Lipinski definition) is 6. The van der Waals surface area contributed by atoms with Crippen molar-refractivity contribution in [1.29, 1.82) is 0 Å². The van der Waals surface area contributed by atoms with E-state index in [1.54, 1.807) is 24.3 Å². The zero-order valence-corrected chi connectivity index (χ0v) is 16.9. The van der Waals surface area contributed by atoms with Crippen LogP contribution in [-0.4, -0.2) is 21.5 Å². The van der Waals surface area contributed by atoms with E-state index in [4.69, 9.17) is 14.9 Å². The molecular formula is C25H18N4O3. The Morgan fingerprint density at radius 1 is 0.844 bits per heavy atom. The van der Waals surface area contributed by atoms with Crippen LogP contribution >= 0.6 is 0 Å². The second kappa shape index (κ2) is 8.23. The molecule has 7 heteroatoms. The fourth-order valence-corrected chi connectivity index (χ4v) is 3.28. The number of rotatable bonds is 6. The third-order valence-corrected chi connectivity index (χ3v) is 4.86. The molecule has 0 saturated carbocycles. The fraction of sp³-hybridized carbons (Fsp3) is 0. The van der Waals surface area contributed by atoms with Gasteiger partial charge in [0.15, 0.2) is 23.7 Å². The summed E-state index contributed by atoms with van der Waals surface area (Å²) < 4.78 is 11.4. The van der Waals surface area contributed by atoms with Gasteiger partial charge < -0.3 is 14.9 Å². The molecular weight excluding hydrogens is 404 g/mol. The Morgan fingerprint density at radius 3 is 2.44 bits per heavy atom. The predicted octanol–water partition coefficient (Wildman–Crippen LogP) is 5.59. The number of nitrogens with one attached hydrogen (secondary N) is 1. The van der Waals surface area contributed by atoms with Crippen LogP contribution in [0.4, 0.5) is 5.69 Å². The Labute approximate surface area is 183 Å². The first-order chi connectivity index (χ1) is 15.7. The van der Waals surface area contributed by atoms with Crippen molar-refractivity contribution in [2.75, 3.05) is 5.73 Å². The van der Waals surface area contributed by atoms with Crippen LogP contribution in [0.5, 0.6) is 11.5 Å². The quantitative estimate of drug-likeness (QED) is 0.273. The van der Waals surface area contributed by atoms with Crippen molar-refractivity contribution in [2.45, 2.75) is 0 Å². The Hall–Kier alpha value is -4.65. The first kappa shape index (κ1) is 19.3. The molecule has 0 spiro atoms. The van der Waals surface area contributed by atoms with Crippen LogP contribution in [0, 0.1) is 0 Å². The molecule has 0 bridgehead atoms. The molecule has 5 aromatic rings. The molecule has 32 heavy (non-hydrogen) atoms. The highest BCUT2D eigenvalue weighted by Gasteiger charge is 2.11. The van der Waals surface area contributed by atoms with Crippen molar-refractivity contribution in [2.24, 2.45) is 0 Å². The van der Waals surface area contributed by atoms with Crippen molar-refractivity contribution in [1.82, 2.24) is 15.2 Å². The lowest BCUT2D eigenvalue weighted by Crippen LogP contribution is -1.88. The second-order valence-electron chi connectivity index (χ2n) is 7.11. The summed E-state index contributed by atoms with van der Waals surface area (Å²) in [6.07, 6.45) is 0.681. The van der Waals surface area contributed by atoms with Crippen LogP contribution in [0.1, 0.15) is 10.6 Å². The van der Waals surface area contributed by atoms with Gasteiger partial charge in [-0.1, -0.05) is 30.3 Å². The van der Waals surface area contributed by atoms with E-state index >= 15 is 0 Å². The zero-order valence-electron chi connectivity index (χ0n) is 16.9. The number of nitrogen functional groups attached to an aromatic ring is 1. The summed E-state index contributed by atoms with van der Waals surface area (Å²) in [5, 5.41) is 7.35. The van der Waals surface area contributed by atoms with Crippen LogP contribution in [0.3, 0.4) is 0 Å². The van der Waals surface area contributed by atoms with Crippen molar-refractivity contribution in [3.05, 3.63) is 90.7 Å². The molecule has 2 aromatic heterocycles. The SMILES string of the molecule is Nc1ccc(Oc2cccc(-c3nc(-c4cccc(-c5ccc(C=O)o5)c4)n[nH]3)c2)cc1. The lowest BCUT2D eigenvalue weighted by Gasteiger charge is -2.07. The molecule has 0 aliphatic carbocycles. The van der Waals surface area contributed by atoms with Crippen molar-refractivity contribution in [3.8, 4) is 45.6 Å². The summed E-state index contributed by atoms with van der Waals surface area (Å²) in [4.78, 5) is 15.5. The highest BCUT2D eigenvalue weighted by molar-refractivity contribution is 5.74. The molecule has 2 heterocycles. The number of H-pyrrole nitrogens is 1.